The molecule has 1 N–H and O–H groups in total. The summed E-state index contributed by atoms with van der Waals surface area (Å²) in [4.78, 5) is 19.9. The molecule has 2 heterocycles. The second kappa shape index (κ2) is 5.30. The zero-order valence-electron chi connectivity index (χ0n) is 10.9. The number of fused-ring (bicyclic) bond motifs is 1. The van der Waals surface area contributed by atoms with Crippen LogP contribution in [-0.4, -0.2) is 14.5 Å². The van der Waals surface area contributed by atoms with Crippen molar-refractivity contribution in [1.82, 2.24) is 14.5 Å². The predicted molar refractivity (Wildman–Crippen MR) is 83.9 cm³/mol. The first-order valence-corrected chi connectivity index (χ1v) is 7.57. The molecule has 0 saturated heterocycles. The van der Waals surface area contributed by atoms with Gasteiger partial charge in [0.25, 0.3) is 5.56 Å². The lowest BCUT2D eigenvalue weighted by molar-refractivity contribution is 0.650. The van der Waals surface area contributed by atoms with E-state index in [9.17, 15) is 4.79 Å². The molecule has 6 heteroatoms. The molecule has 0 atom stereocenters. The van der Waals surface area contributed by atoms with E-state index in [0.717, 1.165) is 16.2 Å². The van der Waals surface area contributed by atoms with Crippen molar-refractivity contribution < 1.29 is 0 Å². The minimum absolute atomic E-state index is 0.0439. The lowest BCUT2D eigenvalue weighted by atomic mass is 10.2. The molecule has 0 aliphatic carbocycles. The maximum atomic E-state index is 12.4. The minimum atomic E-state index is -0.0439. The summed E-state index contributed by atoms with van der Waals surface area (Å²) in [5.74, 6) is 0. The molecule has 0 amide bonds. The number of para-hydroxylation sites is 1. The van der Waals surface area contributed by atoms with Gasteiger partial charge in [0.1, 0.15) is 0 Å². The fraction of sp³-hybridized carbons (Fsp3) is 0.214. The van der Waals surface area contributed by atoms with Gasteiger partial charge in [-0.1, -0.05) is 12.1 Å². The predicted octanol–water partition coefficient (Wildman–Crippen LogP) is 3.07. The third kappa shape index (κ3) is 2.44. The summed E-state index contributed by atoms with van der Waals surface area (Å²) in [6, 6.07) is 7.42. The first-order valence-electron chi connectivity index (χ1n) is 6.28. The van der Waals surface area contributed by atoms with Crippen molar-refractivity contribution in [3.8, 4) is 0 Å². The Morgan fingerprint density at radius 1 is 1.40 bits per heavy atom. The van der Waals surface area contributed by atoms with Crippen molar-refractivity contribution in [2.24, 2.45) is 0 Å². The van der Waals surface area contributed by atoms with Gasteiger partial charge in [-0.25, -0.2) is 4.98 Å². The molecule has 4 nitrogen and oxygen atoms in total. The number of rotatable bonds is 3. The third-order valence-electron chi connectivity index (χ3n) is 3.11. The summed E-state index contributed by atoms with van der Waals surface area (Å²) >= 11 is 6.89. The minimum Gasteiger partial charge on any atom is -0.332 e. The first kappa shape index (κ1) is 13.2. The van der Waals surface area contributed by atoms with Crippen LogP contribution in [0.25, 0.3) is 10.9 Å². The summed E-state index contributed by atoms with van der Waals surface area (Å²) in [7, 11) is 0. The van der Waals surface area contributed by atoms with E-state index in [1.54, 1.807) is 15.9 Å². The number of aromatic amines is 1. The monoisotopic (exact) mass is 303 g/mol. The fourth-order valence-corrected chi connectivity index (χ4v) is 3.18. The molecule has 0 aliphatic rings. The van der Waals surface area contributed by atoms with Gasteiger partial charge in [-0.3, -0.25) is 9.36 Å². The van der Waals surface area contributed by atoms with Crippen molar-refractivity contribution in [2.45, 2.75) is 19.9 Å². The van der Waals surface area contributed by atoms with E-state index in [2.05, 4.69) is 9.97 Å². The van der Waals surface area contributed by atoms with Crippen molar-refractivity contribution in [2.75, 3.05) is 0 Å². The van der Waals surface area contributed by atoms with Crippen LogP contribution < -0.4 is 5.56 Å². The Balaban J connectivity index is 1.99. The van der Waals surface area contributed by atoms with Crippen LogP contribution in [0.1, 0.15) is 10.7 Å². The maximum absolute atomic E-state index is 12.4. The number of nitrogens with one attached hydrogen (secondary N) is 1. The van der Waals surface area contributed by atoms with E-state index in [1.807, 2.05) is 36.6 Å². The van der Waals surface area contributed by atoms with Crippen molar-refractivity contribution in [1.29, 1.82) is 0 Å². The van der Waals surface area contributed by atoms with Gasteiger partial charge in [0.2, 0.25) is 0 Å². The molecule has 0 fully saturated rings. The number of H-pyrrole nitrogens is 1. The Morgan fingerprint density at radius 3 is 2.95 bits per heavy atom. The van der Waals surface area contributed by atoms with Gasteiger partial charge >= 0.3 is 0 Å². The van der Waals surface area contributed by atoms with E-state index in [0.29, 0.717) is 23.1 Å². The van der Waals surface area contributed by atoms with Crippen LogP contribution in [0.3, 0.4) is 0 Å². The average Bonchev–Trinajstić information content (AvgIpc) is 2.84. The summed E-state index contributed by atoms with van der Waals surface area (Å²) in [6.45, 7) is 2.51. The lowest BCUT2D eigenvalue weighted by Gasteiger charge is -2.06. The van der Waals surface area contributed by atoms with Crippen LogP contribution in [-0.2, 0) is 13.0 Å². The number of aryl methyl sites for hydroxylation is 2. The Labute approximate surface area is 124 Å². The second-order valence-corrected chi connectivity index (χ2v) is 5.89. The summed E-state index contributed by atoms with van der Waals surface area (Å²) in [5, 5.41) is 3.70. The quantitative estimate of drug-likeness (QED) is 0.757. The first-order chi connectivity index (χ1) is 9.65. The average molecular weight is 303 g/mol. The van der Waals surface area contributed by atoms with Gasteiger partial charge in [0.15, 0.2) is 4.77 Å². The van der Waals surface area contributed by atoms with E-state index in [-0.39, 0.29) is 5.56 Å². The molecular weight excluding hydrogens is 290 g/mol. The molecule has 3 rings (SSSR count). The van der Waals surface area contributed by atoms with Gasteiger partial charge in [-0.15, -0.1) is 11.3 Å². The number of hydrogen-bond donors (Lipinski definition) is 1. The number of nitrogens with zero attached hydrogens (tertiary/aromatic N) is 2. The second-order valence-electron chi connectivity index (χ2n) is 4.57. The standard InChI is InChI=1S/C14H13N3OS2/c1-9-8-20-12(15-9)6-7-17-13(18)10-4-2-3-5-11(10)16-14(17)19/h2-5,8H,6-7H2,1H3,(H,16,19). The summed E-state index contributed by atoms with van der Waals surface area (Å²) in [5.41, 5.74) is 1.75. The summed E-state index contributed by atoms with van der Waals surface area (Å²) in [6.07, 6.45) is 0.717. The smallest absolute Gasteiger partial charge is 0.262 e. The zero-order chi connectivity index (χ0) is 14.1. The lowest BCUT2D eigenvalue weighted by Crippen LogP contribution is -2.23. The molecular formula is C14H13N3OS2. The SMILES string of the molecule is Cc1csc(CCn2c(=S)[nH]c3ccccc3c2=O)n1. The molecule has 1 aromatic carbocycles. The molecule has 0 spiro atoms. The van der Waals surface area contributed by atoms with Crippen molar-refractivity contribution >= 4 is 34.5 Å². The highest BCUT2D eigenvalue weighted by molar-refractivity contribution is 7.71. The van der Waals surface area contributed by atoms with Crippen LogP contribution in [0.2, 0.25) is 0 Å². The highest BCUT2D eigenvalue weighted by Gasteiger charge is 2.06. The Hall–Kier alpha value is -1.79. The Morgan fingerprint density at radius 2 is 2.20 bits per heavy atom. The number of aromatic nitrogens is 3. The van der Waals surface area contributed by atoms with Crippen LogP contribution in [0.5, 0.6) is 0 Å². The Bertz CT molecular complexity index is 876. The maximum Gasteiger partial charge on any atom is 0.262 e. The number of thiazole rings is 1. The molecule has 0 radical (unpaired) electrons. The zero-order valence-corrected chi connectivity index (χ0v) is 12.6. The molecule has 0 unspecified atom stereocenters. The van der Waals surface area contributed by atoms with Crippen LogP contribution >= 0.6 is 23.6 Å². The van der Waals surface area contributed by atoms with Crippen LogP contribution in [0.4, 0.5) is 0 Å². The van der Waals surface area contributed by atoms with E-state index >= 15 is 0 Å². The highest BCUT2D eigenvalue weighted by atomic mass is 32.1. The van der Waals surface area contributed by atoms with Crippen LogP contribution in [0, 0.1) is 11.7 Å². The molecule has 2 aromatic heterocycles. The van der Waals surface area contributed by atoms with Gasteiger partial charge in [-0.05, 0) is 31.3 Å². The van der Waals surface area contributed by atoms with Gasteiger partial charge in [0.05, 0.1) is 15.9 Å². The molecule has 0 aliphatic heterocycles. The van der Waals surface area contributed by atoms with Gasteiger partial charge in [-0.2, -0.15) is 0 Å². The topological polar surface area (TPSA) is 50.7 Å². The molecule has 3 aromatic rings. The molecule has 0 bridgehead atoms. The van der Waals surface area contributed by atoms with Crippen molar-refractivity contribution in [3.05, 3.63) is 55.5 Å². The van der Waals surface area contributed by atoms with Crippen molar-refractivity contribution in [3.63, 3.8) is 0 Å². The van der Waals surface area contributed by atoms with Gasteiger partial charge in [0, 0.05) is 24.0 Å². The molecule has 20 heavy (non-hydrogen) atoms. The number of benzene rings is 1. The van der Waals surface area contributed by atoms with E-state index in [1.165, 1.54) is 0 Å². The van der Waals surface area contributed by atoms with Gasteiger partial charge < -0.3 is 4.98 Å². The molecule has 0 saturated carbocycles. The normalized spacial score (nSPS) is 11.1. The van der Waals surface area contributed by atoms with E-state index < -0.39 is 0 Å². The third-order valence-corrected chi connectivity index (χ3v) is 4.45. The summed E-state index contributed by atoms with van der Waals surface area (Å²) < 4.78 is 2.07. The molecule has 102 valence electrons. The highest BCUT2D eigenvalue weighted by Crippen LogP contribution is 2.11. The number of hydrogen-bond acceptors (Lipinski definition) is 4. The van der Waals surface area contributed by atoms with E-state index in [4.69, 9.17) is 12.2 Å². The Kier molecular flexibility index (Phi) is 3.50. The largest absolute Gasteiger partial charge is 0.332 e. The fourth-order valence-electron chi connectivity index (χ4n) is 2.13. The van der Waals surface area contributed by atoms with Crippen LogP contribution in [0.15, 0.2) is 34.4 Å².